The first-order valence-electron chi connectivity index (χ1n) is 9.03. The lowest BCUT2D eigenvalue weighted by atomic mass is 10.1. The van der Waals surface area contributed by atoms with Crippen molar-refractivity contribution in [2.24, 2.45) is 5.92 Å². The smallest absolute Gasteiger partial charge is 0.244 e. The fourth-order valence-corrected chi connectivity index (χ4v) is 4.08. The standard InChI is InChI=1S/C20H26FN3O3S/c1-15(2)19(23-28(26,27)18-12-8-7-11-17(18)21)20(25)22-13-14-24(3)16-9-5-4-6-10-16/h4-12,15,19,23H,13-14H2,1-3H3,(H,22,25)/t19-/m1/s1. The molecule has 0 unspecified atom stereocenters. The van der Waals surface area contributed by atoms with Crippen LogP contribution in [0.4, 0.5) is 10.1 Å². The van der Waals surface area contributed by atoms with E-state index in [2.05, 4.69) is 10.0 Å². The van der Waals surface area contributed by atoms with Crippen LogP contribution < -0.4 is 14.9 Å². The maximum absolute atomic E-state index is 13.9. The predicted molar refractivity (Wildman–Crippen MR) is 108 cm³/mol. The summed E-state index contributed by atoms with van der Waals surface area (Å²) < 4.78 is 41.2. The number of sulfonamides is 1. The van der Waals surface area contributed by atoms with Gasteiger partial charge in [0.15, 0.2) is 0 Å². The van der Waals surface area contributed by atoms with Gasteiger partial charge in [-0.15, -0.1) is 0 Å². The monoisotopic (exact) mass is 407 g/mol. The largest absolute Gasteiger partial charge is 0.373 e. The summed E-state index contributed by atoms with van der Waals surface area (Å²) in [5.74, 6) is -1.62. The summed E-state index contributed by atoms with van der Waals surface area (Å²) in [7, 11) is -2.26. The molecule has 2 aromatic carbocycles. The Hall–Kier alpha value is -2.45. The predicted octanol–water partition coefficient (Wildman–Crippen LogP) is 2.38. The van der Waals surface area contributed by atoms with E-state index in [9.17, 15) is 17.6 Å². The van der Waals surface area contributed by atoms with Crippen molar-refractivity contribution in [3.63, 3.8) is 0 Å². The fraction of sp³-hybridized carbons (Fsp3) is 0.350. The number of para-hydroxylation sites is 1. The van der Waals surface area contributed by atoms with Crippen LogP contribution in [-0.2, 0) is 14.8 Å². The number of hydrogen-bond donors (Lipinski definition) is 2. The van der Waals surface area contributed by atoms with E-state index < -0.39 is 32.7 Å². The summed E-state index contributed by atoms with van der Waals surface area (Å²) in [6, 6.07) is 13.8. The summed E-state index contributed by atoms with van der Waals surface area (Å²) in [5, 5.41) is 2.75. The molecule has 1 atom stereocenters. The molecule has 0 aliphatic rings. The van der Waals surface area contributed by atoms with Gasteiger partial charge in [0.2, 0.25) is 15.9 Å². The van der Waals surface area contributed by atoms with Gasteiger partial charge in [-0.2, -0.15) is 4.72 Å². The van der Waals surface area contributed by atoms with Crippen LogP contribution in [-0.4, -0.2) is 40.5 Å². The molecule has 0 spiro atoms. The molecule has 8 heteroatoms. The highest BCUT2D eigenvalue weighted by molar-refractivity contribution is 7.89. The van der Waals surface area contributed by atoms with Gasteiger partial charge in [-0.05, 0) is 30.2 Å². The maximum atomic E-state index is 13.9. The van der Waals surface area contributed by atoms with Gasteiger partial charge < -0.3 is 10.2 Å². The second-order valence-electron chi connectivity index (χ2n) is 6.82. The van der Waals surface area contributed by atoms with Gasteiger partial charge in [-0.3, -0.25) is 4.79 Å². The first kappa shape index (κ1) is 21.8. The van der Waals surface area contributed by atoms with Crippen molar-refractivity contribution >= 4 is 21.6 Å². The van der Waals surface area contributed by atoms with Crippen molar-refractivity contribution in [3.8, 4) is 0 Å². The topological polar surface area (TPSA) is 78.5 Å². The van der Waals surface area contributed by atoms with E-state index in [0.717, 1.165) is 11.8 Å². The van der Waals surface area contributed by atoms with Crippen molar-refractivity contribution in [2.45, 2.75) is 24.8 Å². The number of anilines is 1. The average Bonchev–Trinajstić information content (AvgIpc) is 2.66. The fourth-order valence-electron chi connectivity index (χ4n) is 2.65. The summed E-state index contributed by atoms with van der Waals surface area (Å²) in [5.41, 5.74) is 1.01. The number of carbonyl (C=O) groups excluding carboxylic acids is 1. The van der Waals surface area contributed by atoms with E-state index in [1.54, 1.807) is 13.8 Å². The molecule has 28 heavy (non-hydrogen) atoms. The van der Waals surface area contributed by atoms with E-state index in [-0.39, 0.29) is 5.92 Å². The molecule has 2 rings (SSSR count). The summed E-state index contributed by atoms with van der Waals surface area (Å²) in [6.45, 7) is 4.35. The van der Waals surface area contributed by atoms with Crippen molar-refractivity contribution in [2.75, 3.05) is 25.0 Å². The SMILES string of the molecule is CC(C)[C@@H](NS(=O)(=O)c1ccccc1F)C(=O)NCCN(C)c1ccccc1. The maximum Gasteiger partial charge on any atom is 0.244 e. The van der Waals surface area contributed by atoms with E-state index in [1.807, 2.05) is 42.3 Å². The first-order valence-corrected chi connectivity index (χ1v) is 10.5. The molecule has 0 aliphatic heterocycles. The second-order valence-corrected chi connectivity index (χ2v) is 8.50. The van der Waals surface area contributed by atoms with Crippen LogP contribution in [0.15, 0.2) is 59.5 Å². The highest BCUT2D eigenvalue weighted by Crippen LogP contribution is 2.15. The second kappa shape index (κ2) is 9.66. The van der Waals surface area contributed by atoms with Crippen LogP contribution in [0.5, 0.6) is 0 Å². The minimum Gasteiger partial charge on any atom is -0.373 e. The van der Waals surface area contributed by atoms with Crippen molar-refractivity contribution in [1.82, 2.24) is 10.0 Å². The number of nitrogens with one attached hydrogen (secondary N) is 2. The molecular formula is C20H26FN3O3S. The quantitative estimate of drug-likeness (QED) is 0.669. The molecule has 0 bridgehead atoms. The van der Waals surface area contributed by atoms with Crippen LogP contribution >= 0.6 is 0 Å². The third kappa shape index (κ3) is 5.77. The van der Waals surface area contributed by atoms with E-state index >= 15 is 0 Å². The van der Waals surface area contributed by atoms with Gasteiger partial charge in [-0.1, -0.05) is 44.2 Å². The molecule has 0 aliphatic carbocycles. The lowest BCUT2D eigenvalue weighted by Gasteiger charge is -2.23. The van der Waals surface area contributed by atoms with Gasteiger partial charge in [0.1, 0.15) is 16.8 Å². The van der Waals surface area contributed by atoms with Crippen molar-refractivity contribution < 1.29 is 17.6 Å². The Morgan fingerprint density at radius 3 is 2.29 bits per heavy atom. The molecular weight excluding hydrogens is 381 g/mol. The lowest BCUT2D eigenvalue weighted by molar-refractivity contribution is -0.123. The molecule has 6 nitrogen and oxygen atoms in total. The summed E-state index contributed by atoms with van der Waals surface area (Å²) in [6.07, 6.45) is 0. The number of halogens is 1. The van der Waals surface area contributed by atoms with Gasteiger partial charge in [0.25, 0.3) is 0 Å². The minimum absolute atomic E-state index is 0.312. The molecule has 0 fully saturated rings. The molecule has 0 heterocycles. The number of rotatable bonds is 9. The van der Waals surface area contributed by atoms with Crippen LogP contribution in [0.2, 0.25) is 0 Å². The Labute approximate surface area is 165 Å². The van der Waals surface area contributed by atoms with Gasteiger partial charge >= 0.3 is 0 Å². The highest BCUT2D eigenvalue weighted by atomic mass is 32.2. The third-order valence-corrected chi connectivity index (χ3v) is 5.78. The molecule has 0 saturated heterocycles. The van der Waals surface area contributed by atoms with E-state index in [0.29, 0.717) is 13.1 Å². The Morgan fingerprint density at radius 2 is 1.68 bits per heavy atom. The molecule has 0 aromatic heterocycles. The lowest BCUT2D eigenvalue weighted by Crippen LogP contribution is -2.50. The van der Waals surface area contributed by atoms with Gasteiger partial charge in [0, 0.05) is 25.8 Å². The van der Waals surface area contributed by atoms with Crippen LogP contribution in [0.25, 0.3) is 0 Å². The number of benzene rings is 2. The summed E-state index contributed by atoms with van der Waals surface area (Å²) >= 11 is 0. The molecule has 0 saturated carbocycles. The number of carbonyl (C=O) groups is 1. The van der Waals surface area contributed by atoms with E-state index in [4.69, 9.17) is 0 Å². The van der Waals surface area contributed by atoms with E-state index in [1.165, 1.54) is 18.2 Å². The van der Waals surface area contributed by atoms with Crippen LogP contribution in [0.1, 0.15) is 13.8 Å². The van der Waals surface area contributed by atoms with Crippen molar-refractivity contribution in [1.29, 1.82) is 0 Å². The Morgan fingerprint density at radius 1 is 1.07 bits per heavy atom. The molecule has 2 N–H and O–H groups in total. The molecule has 152 valence electrons. The Balaban J connectivity index is 1.99. The van der Waals surface area contributed by atoms with Crippen LogP contribution in [0, 0.1) is 11.7 Å². The molecule has 2 aromatic rings. The zero-order valence-corrected chi connectivity index (χ0v) is 17.0. The zero-order valence-electron chi connectivity index (χ0n) is 16.2. The average molecular weight is 408 g/mol. The first-order chi connectivity index (χ1) is 13.2. The molecule has 0 radical (unpaired) electrons. The normalized spacial score (nSPS) is 12.6. The number of amides is 1. The summed E-state index contributed by atoms with van der Waals surface area (Å²) in [4.78, 5) is 14.1. The van der Waals surface area contributed by atoms with Crippen molar-refractivity contribution in [3.05, 3.63) is 60.4 Å². The molecule has 1 amide bonds. The third-order valence-electron chi connectivity index (χ3n) is 4.30. The van der Waals surface area contributed by atoms with Gasteiger partial charge in [-0.25, -0.2) is 12.8 Å². The zero-order chi connectivity index (χ0) is 20.7. The van der Waals surface area contributed by atoms with Gasteiger partial charge in [0.05, 0.1) is 0 Å². The Bertz CT molecular complexity index is 889. The van der Waals surface area contributed by atoms with Crippen LogP contribution in [0.3, 0.4) is 0 Å². The minimum atomic E-state index is -4.16. The number of likely N-dealkylation sites (N-methyl/N-ethyl adjacent to an activating group) is 1. The Kier molecular flexibility index (Phi) is 7.53. The number of nitrogens with zero attached hydrogens (tertiary/aromatic N) is 1. The highest BCUT2D eigenvalue weighted by Gasteiger charge is 2.29. The number of hydrogen-bond acceptors (Lipinski definition) is 4.